The van der Waals surface area contributed by atoms with Gasteiger partial charge in [0.1, 0.15) is 6.04 Å². The Morgan fingerprint density at radius 1 is 1.43 bits per heavy atom. The fourth-order valence-corrected chi connectivity index (χ4v) is 3.12. The van der Waals surface area contributed by atoms with E-state index >= 15 is 0 Å². The molecule has 0 spiro atoms. The van der Waals surface area contributed by atoms with Gasteiger partial charge in [-0.2, -0.15) is 4.72 Å². The minimum Gasteiger partial charge on any atom is -0.490 e. The van der Waals surface area contributed by atoms with Gasteiger partial charge in [-0.25, -0.2) is 8.42 Å². The van der Waals surface area contributed by atoms with Crippen LogP contribution in [0.3, 0.4) is 0 Å². The Morgan fingerprint density at radius 2 is 2.04 bits per heavy atom. The van der Waals surface area contributed by atoms with E-state index in [0.717, 1.165) is 18.2 Å². The molecule has 0 saturated carbocycles. The molecule has 0 aliphatic carbocycles. The molecule has 1 aromatic rings. The molecular formula is C13H18N2O7S. The zero-order valence-electron chi connectivity index (χ0n) is 12.8. The zero-order valence-corrected chi connectivity index (χ0v) is 13.7. The van der Waals surface area contributed by atoms with Gasteiger partial charge in [-0.15, -0.1) is 0 Å². The molecule has 1 unspecified atom stereocenters. The third-order valence-electron chi connectivity index (χ3n) is 2.96. The Morgan fingerprint density at radius 3 is 2.48 bits per heavy atom. The van der Waals surface area contributed by atoms with Crippen LogP contribution in [0.5, 0.6) is 5.75 Å². The maximum atomic E-state index is 12.3. The normalized spacial score (nSPS) is 12.9. The molecule has 0 radical (unpaired) electrons. The Kier molecular flexibility index (Phi) is 6.05. The molecule has 10 heteroatoms. The lowest BCUT2D eigenvalue weighted by molar-refractivity contribution is -0.385. The molecule has 0 aromatic heterocycles. The van der Waals surface area contributed by atoms with Crippen molar-refractivity contribution in [2.75, 3.05) is 7.11 Å². The van der Waals surface area contributed by atoms with Crippen LogP contribution in [0.1, 0.15) is 20.3 Å². The maximum Gasteiger partial charge on any atom is 0.321 e. The van der Waals surface area contributed by atoms with E-state index < -0.39 is 27.0 Å². The molecule has 1 rings (SSSR count). The Bertz CT molecular complexity index is 700. The van der Waals surface area contributed by atoms with E-state index in [1.54, 1.807) is 13.8 Å². The van der Waals surface area contributed by atoms with Crippen molar-refractivity contribution < 1.29 is 28.0 Å². The first-order chi connectivity index (χ1) is 10.6. The lowest BCUT2D eigenvalue weighted by Gasteiger charge is -2.16. The number of nitrogens with one attached hydrogen (secondary N) is 1. The Labute approximate surface area is 133 Å². The highest BCUT2D eigenvalue weighted by molar-refractivity contribution is 7.89. The highest BCUT2D eigenvalue weighted by Crippen LogP contribution is 2.29. The van der Waals surface area contributed by atoms with Gasteiger partial charge in [-0.05, 0) is 18.4 Å². The molecule has 1 atom stereocenters. The molecule has 0 fully saturated rings. The van der Waals surface area contributed by atoms with Crippen LogP contribution < -0.4 is 9.46 Å². The largest absolute Gasteiger partial charge is 0.490 e. The van der Waals surface area contributed by atoms with Crippen LogP contribution in [0.4, 0.5) is 5.69 Å². The number of nitrogens with zero attached hydrogens (tertiary/aromatic N) is 1. The number of nitro benzene ring substituents is 1. The number of carboxylic acids is 1. The Hall–Kier alpha value is -2.20. The van der Waals surface area contributed by atoms with Crippen LogP contribution in [0.2, 0.25) is 0 Å². The topological polar surface area (TPSA) is 136 Å². The minimum absolute atomic E-state index is 0.0369. The number of benzene rings is 1. The van der Waals surface area contributed by atoms with Crippen molar-refractivity contribution in [2.24, 2.45) is 5.92 Å². The van der Waals surface area contributed by atoms with Gasteiger partial charge in [-0.1, -0.05) is 13.8 Å². The number of rotatable bonds is 8. The summed E-state index contributed by atoms with van der Waals surface area (Å²) in [6.45, 7) is 3.53. The predicted molar refractivity (Wildman–Crippen MR) is 80.8 cm³/mol. The molecule has 2 N–H and O–H groups in total. The van der Waals surface area contributed by atoms with Gasteiger partial charge in [-0.3, -0.25) is 14.9 Å². The van der Waals surface area contributed by atoms with Crippen molar-refractivity contribution in [3.05, 3.63) is 28.3 Å². The molecule has 23 heavy (non-hydrogen) atoms. The van der Waals surface area contributed by atoms with Crippen LogP contribution in [0.25, 0.3) is 0 Å². The van der Waals surface area contributed by atoms with Gasteiger partial charge in [0.15, 0.2) is 5.75 Å². The van der Waals surface area contributed by atoms with Crippen LogP contribution in [0.15, 0.2) is 23.1 Å². The van der Waals surface area contributed by atoms with Gasteiger partial charge in [0.05, 0.1) is 16.9 Å². The third-order valence-corrected chi connectivity index (χ3v) is 4.43. The zero-order chi connectivity index (χ0) is 17.8. The Balaban J connectivity index is 3.17. The SMILES string of the molecule is COc1cc(S(=O)(=O)NC(CC(C)C)C(=O)O)ccc1[N+](=O)[O-]. The third kappa shape index (κ3) is 4.89. The second-order valence-corrected chi connectivity index (χ2v) is 6.95. The van der Waals surface area contributed by atoms with E-state index in [1.807, 2.05) is 0 Å². The van der Waals surface area contributed by atoms with E-state index in [4.69, 9.17) is 9.84 Å². The standard InChI is InChI=1S/C13H18N2O7S/c1-8(2)6-10(13(16)17)14-23(20,21)9-4-5-11(15(18)19)12(7-9)22-3/h4-5,7-8,10,14H,6H2,1-3H3,(H,16,17). The minimum atomic E-state index is -4.16. The fourth-order valence-electron chi connectivity index (χ4n) is 1.90. The molecule has 0 aliphatic rings. The number of methoxy groups -OCH3 is 1. The van der Waals surface area contributed by atoms with Gasteiger partial charge in [0.2, 0.25) is 10.0 Å². The van der Waals surface area contributed by atoms with Crippen LogP contribution in [-0.4, -0.2) is 37.6 Å². The van der Waals surface area contributed by atoms with Crippen LogP contribution in [0, 0.1) is 16.0 Å². The number of carboxylic acid groups (broad SMARTS) is 1. The number of ether oxygens (including phenoxy) is 1. The molecule has 0 bridgehead atoms. The van der Waals surface area contributed by atoms with Crippen molar-refractivity contribution in [1.82, 2.24) is 4.72 Å². The van der Waals surface area contributed by atoms with Gasteiger partial charge < -0.3 is 9.84 Å². The molecule has 1 aromatic carbocycles. The molecule has 128 valence electrons. The summed E-state index contributed by atoms with van der Waals surface area (Å²) in [5.41, 5.74) is -0.386. The molecule has 9 nitrogen and oxygen atoms in total. The number of sulfonamides is 1. The van der Waals surface area contributed by atoms with E-state index in [0.29, 0.717) is 0 Å². The van der Waals surface area contributed by atoms with E-state index in [2.05, 4.69) is 4.72 Å². The fraction of sp³-hybridized carbons (Fsp3) is 0.462. The molecule has 0 amide bonds. The molecule has 0 aliphatic heterocycles. The lowest BCUT2D eigenvalue weighted by atomic mass is 10.1. The number of hydrogen-bond acceptors (Lipinski definition) is 6. The highest BCUT2D eigenvalue weighted by atomic mass is 32.2. The van der Waals surface area contributed by atoms with E-state index in [9.17, 15) is 23.3 Å². The molecular weight excluding hydrogens is 328 g/mol. The number of hydrogen-bond donors (Lipinski definition) is 2. The van der Waals surface area contributed by atoms with Gasteiger partial charge >= 0.3 is 11.7 Å². The first-order valence-electron chi connectivity index (χ1n) is 6.66. The smallest absolute Gasteiger partial charge is 0.321 e. The van der Waals surface area contributed by atoms with Crippen molar-refractivity contribution in [3.63, 3.8) is 0 Å². The first kappa shape index (κ1) is 18.8. The second kappa shape index (κ2) is 7.38. The monoisotopic (exact) mass is 346 g/mol. The average Bonchev–Trinajstić information content (AvgIpc) is 2.44. The van der Waals surface area contributed by atoms with Crippen molar-refractivity contribution in [2.45, 2.75) is 31.2 Å². The van der Waals surface area contributed by atoms with Crippen molar-refractivity contribution in [3.8, 4) is 5.75 Å². The summed E-state index contributed by atoms with van der Waals surface area (Å²) in [4.78, 5) is 21.0. The average molecular weight is 346 g/mol. The van der Waals surface area contributed by atoms with Crippen LogP contribution >= 0.6 is 0 Å². The number of carbonyl (C=O) groups is 1. The van der Waals surface area contributed by atoms with Gasteiger partial charge in [0, 0.05) is 12.1 Å². The quantitative estimate of drug-likeness (QED) is 0.536. The van der Waals surface area contributed by atoms with Crippen molar-refractivity contribution >= 4 is 21.7 Å². The summed E-state index contributed by atoms with van der Waals surface area (Å²) < 4.78 is 31.5. The van der Waals surface area contributed by atoms with E-state index in [-0.39, 0.29) is 28.7 Å². The summed E-state index contributed by atoms with van der Waals surface area (Å²) >= 11 is 0. The lowest BCUT2D eigenvalue weighted by Crippen LogP contribution is -2.41. The summed E-state index contributed by atoms with van der Waals surface area (Å²) in [5, 5.41) is 19.9. The second-order valence-electron chi connectivity index (χ2n) is 5.23. The number of aliphatic carboxylic acids is 1. The van der Waals surface area contributed by atoms with E-state index in [1.165, 1.54) is 7.11 Å². The first-order valence-corrected chi connectivity index (χ1v) is 8.14. The summed E-state index contributed by atoms with van der Waals surface area (Å²) in [6.07, 6.45) is 0.110. The predicted octanol–water partition coefficient (Wildman–Crippen LogP) is 1.38. The van der Waals surface area contributed by atoms with Crippen molar-refractivity contribution in [1.29, 1.82) is 0 Å². The number of nitro groups is 1. The van der Waals surface area contributed by atoms with Crippen LogP contribution in [-0.2, 0) is 14.8 Å². The highest BCUT2D eigenvalue weighted by Gasteiger charge is 2.27. The summed E-state index contributed by atoms with van der Waals surface area (Å²) in [5.74, 6) is -1.56. The summed E-state index contributed by atoms with van der Waals surface area (Å²) in [7, 11) is -2.99. The molecule has 0 saturated heterocycles. The van der Waals surface area contributed by atoms with Gasteiger partial charge in [0.25, 0.3) is 0 Å². The summed E-state index contributed by atoms with van der Waals surface area (Å²) in [6, 6.07) is 1.71. The molecule has 0 heterocycles. The maximum absolute atomic E-state index is 12.3.